The van der Waals surface area contributed by atoms with Gasteiger partial charge in [0, 0.05) is 24.3 Å². The number of hydrogen-bond donors (Lipinski definition) is 2. The van der Waals surface area contributed by atoms with Crippen LogP contribution in [0.15, 0.2) is 35.5 Å². The summed E-state index contributed by atoms with van der Waals surface area (Å²) in [5.41, 5.74) is -1.79. The number of anilines is 1. The lowest BCUT2D eigenvalue weighted by Crippen LogP contribution is -2.41. The van der Waals surface area contributed by atoms with Gasteiger partial charge in [0.2, 0.25) is 12.1 Å². The molecule has 1 saturated heterocycles. The summed E-state index contributed by atoms with van der Waals surface area (Å²) in [4.78, 5) is 20.0. The Kier molecular flexibility index (Phi) is 8.12. The topological polar surface area (TPSA) is 126 Å². The number of H-pyrrole nitrogens is 1. The SMILES string of the molecule is Cc1[nH][n+](C)cc1S(=O)(=O)NC(=O)c1ccc(-n2ccc(OCC3(C(F)(F)F)CC3)n2)nc1N1C[C@@H](C)CC1(C)C.S. The second-order valence-electron chi connectivity index (χ2n) is 11.7. The van der Waals surface area contributed by atoms with E-state index in [1.165, 1.54) is 40.0 Å². The Morgan fingerprint density at radius 3 is 2.50 bits per heavy atom. The summed E-state index contributed by atoms with van der Waals surface area (Å²) in [6, 6.07) is 4.41. The van der Waals surface area contributed by atoms with Gasteiger partial charge in [0.1, 0.15) is 17.8 Å². The van der Waals surface area contributed by atoms with Gasteiger partial charge in [0.25, 0.3) is 15.9 Å². The van der Waals surface area contributed by atoms with Gasteiger partial charge in [0.15, 0.2) is 17.8 Å². The molecule has 1 saturated carbocycles. The first-order chi connectivity index (χ1) is 19.0. The Morgan fingerprint density at radius 2 is 1.95 bits per heavy atom. The minimum Gasteiger partial charge on any atom is -0.476 e. The van der Waals surface area contributed by atoms with E-state index >= 15 is 0 Å². The van der Waals surface area contributed by atoms with E-state index in [4.69, 9.17) is 9.72 Å². The van der Waals surface area contributed by atoms with Crippen LogP contribution in [0.4, 0.5) is 19.0 Å². The third-order valence-corrected chi connectivity index (χ3v) is 9.17. The Labute approximate surface area is 248 Å². The van der Waals surface area contributed by atoms with Crippen LogP contribution in [0.25, 0.3) is 5.82 Å². The summed E-state index contributed by atoms with van der Waals surface area (Å²) in [5, 5.41) is 7.09. The molecule has 5 rings (SSSR count). The number of pyridine rings is 1. The van der Waals surface area contributed by atoms with Crippen LogP contribution in [-0.2, 0) is 17.1 Å². The number of carbonyl (C=O) groups excluding carboxylic acids is 1. The van der Waals surface area contributed by atoms with E-state index in [9.17, 15) is 26.4 Å². The Balaban J connectivity index is 0.00000405. The number of nitrogens with one attached hydrogen (secondary N) is 2. The van der Waals surface area contributed by atoms with E-state index in [1.54, 1.807) is 14.0 Å². The van der Waals surface area contributed by atoms with E-state index in [2.05, 4.69) is 21.8 Å². The van der Waals surface area contributed by atoms with Crippen molar-refractivity contribution in [3.63, 3.8) is 0 Å². The van der Waals surface area contributed by atoms with Crippen molar-refractivity contribution in [1.82, 2.24) is 24.6 Å². The molecule has 11 nitrogen and oxygen atoms in total. The average Bonchev–Trinajstić information content (AvgIpc) is 3.24. The second-order valence-corrected chi connectivity index (χ2v) is 13.4. The van der Waals surface area contributed by atoms with Gasteiger partial charge >= 0.3 is 6.18 Å². The monoisotopic (exact) mass is 630 g/mol. The number of amides is 1. The average molecular weight is 631 g/mol. The summed E-state index contributed by atoms with van der Waals surface area (Å²) in [7, 11) is -2.56. The predicted molar refractivity (Wildman–Crippen MR) is 152 cm³/mol. The molecule has 2 N–H and O–H groups in total. The maximum atomic E-state index is 13.4. The van der Waals surface area contributed by atoms with Gasteiger partial charge in [-0.2, -0.15) is 31.8 Å². The number of halogens is 3. The lowest BCUT2D eigenvalue weighted by Gasteiger charge is -2.34. The highest BCUT2D eigenvalue weighted by Gasteiger charge is 2.64. The fourth-order valence-corrected chi connectivity index (χ4v) is 6.63. The molecule has 2 aliphatic rings. The van der Waals surface area contributed by atoms with Crippen LogP contribution in [0.5, 0.6) is 5.88 Å². The highest BCUT2D eigenvalue weighted by atomic mass is 32.2. The van der Waals surface area contributed by atoms with E-state index in [1.807, 2.05) is 18.7 Å². The van der Waals surface area contributed by atoms with Gasteiger partial charge in [-0.25, -0.2) is 22.8 Å². The van der Waals surface area contributed by atoms with Crippen LogP contribution in [0.3, 0.4) is 0 Å². The standard InChI is InChI=1S/C26H32F3N7O4S.H2S/c1-16-12-24(3,4)35(13-16)22-18(23(37)33-41(38,39)19-14-34(5)31-17(19)2)6-7-20(30-22)36-11-8-21(32-36)40-15-25(9-10-25)26(27,28)29;/h6-8,11,14,16H,9-10,12-13,15H2,1-5H3,(H,33,37);1H2/p+1/t16-;/m0./s1. The molecule has 0 bridgehead atoms. The number of aromatic nitrogens is 5. The molecule has 3 aromatic heterocycles. The molecule has 1 aliphatic carbocycles. The highest BCUT2D eigenvalue weighted by molar-refractivity contribution is 7.90. The molecule has 3 aromatic rings. The van der Waals surface area contributed by atoms with Crippen LogP contribution in [-0.4, -0.2) is 59.1 Å². The van der Waals surface area contributed by atoms with E-state index in [-0.39, 0.29) is 60.2 Å². The van der Waals surface area contributed by atoms with Crippen LogP contribution in [0.2, 0.25) is 0 Å². The minimum atomic E-state index is -4.34. The molecule has 0 spiro atoms. The van der Waals surface area contributed by atoms with Crippen molar-refractivity contribution in [3.8, 4) is 11.7 Å². The molecule has 4 heterocycles. The predicted octanol–water partition coefficient (Wildman–Crippen LogP) is 3.31. The zero-order valence-corrected chi connectivity index (χ0v) is 25.7. The van der Waals surface area contributed by atoms with Gasteiger partial charge in [-0.1, -0.05) is 6.92 Å². The fourth-order valence-electron chi connectivity index (χ4n) is 5.42. The van der Waals surface area contributed by atoms with Crippen LogP contribution < -0.4 is 19.0 Å². The number of sulfonamides is 1. The largest absolute Gasteiger partial charge is 0.476 e. The van der Waals surface area contributed by atoms with Gasteiger partial charge in [-0.15, -0.1) is 9.78 Å². The number of rotatable bonds is 8. The molecule has 1 aliphatic heterocycles. The smallest absolute Gasteiger partial charge is 0.397 e. The van der Waals surface area contributed by atoms with Gasteiger partial charge in [-0.3, -0.25) is 4.79 Å². The highest BCUT2D eigenvalue weighted by Crippen LogP contribution is 2.57. The van der Waals surface area contributed by atoms with Crippen molar-refractivity contribution < 1.29 is 35.8 Å². The van der Waals surface area contributed by atoms with Crippen molar-refractivity contribution in [2.45, 2.75) is 63.6 Å². The van der Waals surface area contributed by atoms with Gasteiger partial charge in [0.05, 0.1) is 11.3 Å². The maximum Gasteiger partial charge on any atom is 0.397 e. The van der Waals surface area contributed by atoms with Crippen LogP contribution >= 0.6 is 13.5 Å². The number of aromatic amines is 1. The quantitative estimate of drug-likeness (QED) is 0.366. The van der Waals surface area contributed by atoms with Crippen LogP contribution in [0, 0.1) is 18.3 Å². The first kappa shape index (κ1) is 31.7. The molecule has 2 fully saturated rings. The van der Waals surface area contributed by atoms with E-state index in [0.29, 0.717) is 12.2 Å². The molecule has 0 aromatic carbocycles. The zero-order valence-electron chi connectivity index (χ0n) is 23.9. The number of alkyl halides is 3. The Bertz CT molecular complexity index is 1600. The number of carbonyl (C=O) groups is 1. The van der Waals surface area contributed by atoms with E-state index in [0.717, 1.165) is 6.42 Å². The summed E-state index contributed by atoms with van der Waals surface area (Å²) in [5.74, 6) is 0.0135. The maximum absolute atomic E-state index is 13.4. The molecule has 0 radical (unpaired) electrons. The summed E-state index contributed by atoms with van der Waals surface area (Å²) >= 11 is 0. The van der Waals surface area contributed by atoms with Crippen molar-refractivity contribution in [2.75, 3.05) is 18.1 Å². The Morgan fingerprint density at radius 1 is 1.26 bits per heavy atom. The summed E-state index contributed by atoms with van der Waals surface area (Å²) in [6.07, 6.45) is -0.604. The minimum absolute atomic E-state index is 0. The number of aryl methyl sites for hydroxylation is 2. The molecule has 1 atom stereocenters. The normalized spacial score (nSPS) is 19.3. The first-order valence-corrected chi connectivity index (χ1v) is 14.7. The third kappa shape index (κ3) is 5.96. The molecule has 42 heavy (non-hydrogen) atoms. The molecule has 230 valence electrons. The van der Waals surface area contributed by atoms with Gasteiger partial charge < -0.3 is 9.64 Å². The fraction of sp³-hybridized carbons (Fsp3) is 0.538. The van der Waals surface area contributed by atoms with Crippen molar-refractivity contribution in [2.24, 2.45) is 18.4 Å². The van der Waals surface area contributed by atoms with Crippen LogP contribution in [0.1, 0.15) is 56.1 Å². The van der Waals surface area contributed by atoms with Gasteiger partial charge in [-0.05, 0) is 58.1 Å². The molecular formula is C26H35F3N7O4S2+. The molecule has 0 unspecified atom stereocenters. The Hall–Kier alpha value is -3.27. The van der Waals surface area contributed by atoms with Crippen molar-refractivity contribution in [1.29, 1.82) is 0 Å². The van der Waals surface area contributed by atoms with Crippen molar-refractivity contribution in [3.05, 3.63) is 41.9 Å². The number of ether oxygens (including phenoxy) is 1. The third-order valence-electron chi connectivity index (χ3n) is 7.73. The summed E-state index contributed by atoms with van der Waals surface area (Å²) in [6.45, 7) is 7.76. The first-order valence-electron chi connectivity index (χ1n) is 13.2. The lowest BCUT2D eigenvalue weighted by molar-refractivity contribution is -0.727. The molecule has 16 heteroatoms. The number of nitrogens with zero attached hydrogens (tertiary/aromatic N) is 5. The summed E-state index contributed by atoms with van der Waals surface area (Å²) < 4.78 is 76.3. The molecule has 1 amide bonds. The zero-order chi connectivity index (χ0) is 30.0. The second kappa shape index (κ2) is 10.8. The number of hydrogen-bond acceptors (Lipinski definition) is 7. The lowest BCUT2D eigenvalue weighted by atomic mass is 9.97. The van der Waals surface area contributed by atoms with Crippen molar-refractivity contribution >= 4 is 35.2 Å². The molecular weight excluding hydrogens is 595 g/mol. The van der Waals surface area contributed by atoms with E-state index < -0.39 is 39.7 Å².